The molecular formula is C16H19FN4O. The van der Waals surface area contributed by atoms with Crippen molar-refractivity contribution in [3.63, 3.8) is 0 Å². The van der Waals surface area contributed by atoms with E-state index < -0.39 is 0 Å². The molecule has 0 N–H and O–H groups in total. The average molecular weight is 302 g/mol. The molecular weight excluding hydrogens is 283 g/mol. The van der Waals surface area contributed by atoms with Gasteiger partial charge in [0.15, 0.2) is 0 Å². The van der Waals surface area contributed by atoms with Crippen LogP contribution < -0.4 is 0 Å². The fraction of sp³-hybridized carbons (Fsp3) is 0.438. The Morgan fingerprint density at radius 2 is 2.00 bits per heavy atom. The Morgan fingerprint density at radius 1 is 1.27 bits per heavy atom. The highest BCUT2D eigenvalue weighted by atomic mass is 19.1. The van der Waals surface area contributed by atoms with Crippen LogP contribution in [0.1, 0.15) is 40.9 Å². The van der Waals surface area contributed by atoms with Crippen LogP contribution in [0.25, 0.3) is 0 Å². The van der Waals surface area contributed by atoms with Crippen molar-refractivity contribution in [2.75, 3.05) is 13.1 Å². The fourth-order valence-electron chi connectivity index (χ4n) is 3.00. The van der Waals surface area contributed by atoms with Crippen LogP contribution in [0, 0.1) is 19.7 Å². The maximum absolute atomic E-state index is 13.0. The zero-order chi connectivity index (χ0) is 15.7. The number of benzene rings is 1. The van der Waals surface area contributed by atoms with Gasteiger partial charge < -0.3 is 4.90 Å². The zero-order valence-corrected chi connectivity index (χ0v) is 12.8. The number of likely N-dealkylation sites (tertiary alicyclic amines) is 1. The monoisotopic (exact) mass is 302 g/mol. The summed E-state index contributed by atoms with van der Waals surface area (Å²) >= 11 is 0. The minimum Gasteiger partial charge on any atom is -0.337 e. The van der Waals surface area contributed by atoms with Crippen molar-refractivity contribution in [1.82, 2.24) is 19.7 Å². The van der Waals surface area contributed by atoms with E-state index in [1.807, 2.05) is 23.4 Å². The minimum absolute atomic E-state index is 0.0563. The lowest BCUT2D eigenvalue weighted by Gasteiger charge is -2.33. The molecule has 1 amide bonds. The summed E-state index contributed by atoms with van der Waals surface area (Å²) in [6.45, 7) is 5.13. The Kier molecular flexibility index (Phi) is 3.92. The fourth-order valence-corrected chi connectivity index (χ4v) is 3.00. The van der Waals surface area contributed by atoms with E-state index in [4.69, 9.17) is 0 Å². The summed E-state index contributed by atoms with van der Waals surface area (Å²) in [6, 6.07) is 5.86. The predicted molar refractivity (Wildman–Crippen MR) is 80.1 cm³/mol. The molecule has 1 aromatic carbocycles. The van der Waals surface area contributed by atoms with Crippen LogP contribution in [-0.4, -0.2) is 38.7 Å². The van der Waals surface area contributed by atoms with Gasteiger partial charge in [0.25, 0.3) is 5.91 Å². The maximum atomic E-state index is 13.0. The molecule has 116 valence electrons. The number of piperidine rings is 1. The number of amides is 1. The Labute approximate surface area is 128 Å². The SMILES string of the molecule is Cc1nc(C)n([C@H]2CCCN(C(=O)c3ccc(F)cc3)C2)n1. The third-order valence-electron chi connectivity index (χ3n) is 4.03. The number of halogens is 1. The third-order valence-corrected chi connectivity index (χ3v) is 4.03. The number of rotatable bonds is 2. The lowest BCUT2D eigenvalue weighted by atomic mass is 10.0. The molecule has 0 spiro atoms. The van der Waals surface area contributed by atoms with Gasteiger partial charge in [0.05, 0.1) is 6.04 Å². The van der Waals surface area contributed by atoms with Gasteiger partial charge in [-0.05, 0) is 51.0 Å². The topological polar surface area (TPSA) is 51.0 Å². The summed E-state index contributed by atoms with van der Waals surface area (Å²) in [5.74, 6) is 1.24. The predicted octanol–water partition coefficient (Wildman–Crippen LogP) is 2.51. The number of aryl methyl sites for hydroxylation is 2. The smallest absolute Gasteiger partial charge is 0.253 e. The van der Waals surface area contributed by atoms with Crippen molar-refractivity contribution >= 4 is 5.91 Å². The molecule has 0 bridgehead atoms. The third kappa shape index (κ3) is 2.86. The highest BCUT2D eigenvalue weighted by molar-refractivity contribution is 5.94. The second kappa shape index (κ2) is 5.87. The van der Waals surface area contributed by atoms with Crippen molar-refractivity contribution in [2.24, 2.45) is 0 Å². The molecule has 2 aromatic rings. The molecule has 1 saturated heterocycles. The Hall–Kier alpha value is -2.24. The van der Waals surface area contributed by atoms with Gasteiger partial charge in [0, 0.05) is 18.7 Å². The summed E-state index contributed by atoms with van der Waals surface area (Å²) in [5.41, 5.74) is 0.522. The maximum Gasteiger partial charge on any atom is 0.253 e. The van der Waals surface area contributed by atoms with Crippen LogP contribution in [0.2, 0.25) is 0 Å². The molecule has 1 fully saturated rings. The molecule has 0 saturated carbocycles. The lowest BCUT2D eigenvalue weighted by molar-refractivity contribution is 0.0671. The second-order valence-electron chi connectivity index (χ2n) is 5.70. The summed E-state index contributed by atoms with van der Waals surface area (Å²) < 4.78 is 14.9. The highest BCUT2D eigenvalue weighted by Crippen LogP contribution is 2.23. The van der Waals surface area contributed by atoms with Crippen LogP contribution in [0.15, 0.2) is 24.3 Å². The van der Waals surface area contributed by atoms with Gasteiger partial charge in [-0.15, -0.1) is 0 Å². The van der Waals surface area contributed by atoms with Crippen LogP contribution in [0.3, 0.4) is 0 Å². The Balaban J connectivity index is 1.76. The number of nitrogens with zero attached hydrogens (tertiary/aromatic N) is 4. The van der Waals surface area contributed by atoms with Gasteiger partial charge in [-0.2, -0.15) is 5.10 Å². The summed E-state index contributed by atoms with van der Waals surface area (Å²) in [4.78, 5) is 18.7. The highest BCUT2D eigenvalue weighted by Gasteiger charge is 2.27. The first-order valence-corrected chi connectivity index (χ1v) is 7.49. The molecule has 1 atom stereocenters. The van der Waals surface area contributed by atoms with Gasteiger partial charge in [0.2, 0.25) is 0 Å². The molecule has 1 aromatic heterocycles. The van der Waals surface area contributed by atoms with E-state index in [0.717, 1.165) is 31.0 Å². The van der Waals surface area contributed by atoms with E-state index in [9.17, 15) is 9.18 Å². The summed E-state index contributed by atoms with van der Waals surface area (Å²) in [5, 5.41) is 4.43. The van der Waals surface area contributed by atoms with Crippen LogP contribution in [-0.2, 0) is 0 Å². The van der Waals surface area contributed by atoms with Crippen molar-refractivity contribution < 1.29 is 9.18 Å². The van der Waals surface area contributed by atoms with E-state index in [2.05, 4.69) is 10.1 Å². The summed E-state index contributed by atoms with van der Waals surface area (Å²) in [7, 11) is 0. The van der Waals surface area contributed by atoms with Crippen LogP contribution in [0.4, 0.5) is 4.39 Å². The van der Waals surface area contributed by atoms with Gasteiger partial charge >= 0.3 is 0 Å². The molecule has 1 aliphatic rings. The molecule has 3 rings (SSSR count). The van der Waals surface area contributed by atoms with Crippen molar-refractivity contribution in [3.05, 3.63) is 47.3 Å². The number of aromatic nitrogens is 3. The van der Waals surface area contributed by atoms with Crippen molar-refractivity contribution in [2.45, 2.75) is 32.7 Å². The normalized spacial score (nSPS) is 18.5. The van der Waals surface area contributed by atoms with Gasteiger partial charge in [-0.25, -0.2) is 14.1 Å². The largest absolute Gasteiger partial charge is 0.337 e. The standard InChI is InChI=1S/C16H19FN4O/c1-11-18-12(2)21(19-11)15-4-3-9-20(10-15)16(22)13-5-7-14(17)8-6-13/h5-8,15H,3-4,9-10H2,1-2H3/t15-/m0/s1. The van der Waals surface area contributed by atoms with Crippen molar-refractivity contribution in [1.29, 1.82) is 0 Å². The van der Waals surface area contributed by atoms with Crippen molar-refractivity contribution in [3.8, 4) is 0 Å². The number of hydrogen-bond donors (Lipinski definition) is 0. The van der Waals surface area contributed by atoms with E-state index in [1.165, 1.54) is 24.3 Å². The number of carbonyl (C=O) groups is 1. The summed E-state index contributed by atoms with van der Waals surface area (Å²) in [6.07, 6.45) is 1.91. The second-order valence-corrected chi connectivity index (χ2v) is 5.70. The number of hydrogen-bond acceptors (Lipinski definition) is 3. The van der Waals surface area contributed by atoms with Gasteiger partial charge in [-0.3, -0.25) is 4.79 Å². The molecule has 0 aliphatic carbocycles. The molecule has 6 heteroatoms. The quantitative estimate of drug-likeness (QED) is 0.856. The van der Waals surface area contributed by atoms with Crippen LogP contribution in [0.5, 0.6) is 0 Å². The van der Waals surface area contributed by atoms with E-state index in [-0.39, 0.29) is 17.8 Å². The number of carbonyl (C=O) groups excluding carboxylic acids is 1. The lowest BCUT2D eigenvalue weighted by Crippen LogP contribution is -2.41. The zero-order valence-electron chi connectivity index (χ0n) is 12.8. The Morgan fingerprint density at radius 3 is 2.64 bits per heavy atom. The Bertz CT molecular complexity index is 680. The first-order chi connectivity index (χ1) is 10.5. The van der Waals surface area contributed by atoms with Gasteiger partial charge in [-0.1, -0.05) is 0 Å². The first kappa shape index (κ1) is 14.7. The average Bonchev–Trinajstić information content (AvgIpc) is 2.86. The van der Waals surface area contributed by atoms with Crippen LogP contribution >= 0.6 is 0 Å². The molecule has 0 unspecified atom stereocenters. The van der Waals surface area contributed by atoms with E-state index in [1.54, 1.807) is 0 Å². The molecule has 1 aliphatic heterocycles. The van der Waals surface area contributed by atoms with E-state index >= 15 is 0 Å². The molecule has 2 heterocycles. The minimum atomic E-state index is -0.332. The molecule has 5 nitrogen and oxygen atoms in total. The molecule has 0 radical (unpaired) electrons. The molecule has 22 heavy (non-hydrogen) atoms. The first-order valence-electron chi connectivity index (χ1n) is 7.49. The van der Waals surface area contributed by atoms with E-state index in [0.29, 0.717) is 12.1 Å². The van der Waals surface area contributed by atoms with Gasteiger partial charge in [0.1, 0.15) is 17.5 Å².